The van der Waals surface area contributed by atoms with E-state index in [4.69, 9.17) is 19.6 Å². The van der Waals surface area contributed by atoms with Crippen LogP contribution < -0.4 is 20.1 Å². The van der Waals surface area contributed by atoms with E-state index < -0.39 is 6.04 Å². The number of amides is 1. The molecule has 0 spiro atoms. The summed E-state index contributed by atoms with van der Waals surface area (Å²) in [7, 11) is 3.19. The van der Waals surface area contributed by atoms with Gasteiger partial charge in [-0.2, -0.15) is 4.98 Å². The van der Waals surface area contributed by atoms with Gasteiger partial charge in [-0.3, -0.25) is 4.79 Å². The maximum atomic E-state index is 13.6. The van der Waals surface area contributed by atoms with E-state index in [0.29, 0.717) is 40.2 Å². The molecule has 2 heterocycles. The van der Waals surface area contributed by atoms with E-state index in [9.17, 15) is 4.79 Å². The first-order valence-corrected chi connectivity index (χ1v) is 12.1. The van der Waals surface area contributed by atoms with Crippen molar-refractivity contribution in [1.82, 2.24) is 14.8 Å². The molecule has 0 fully saturated rings. The zero-order valence-corrected chi connectivity index (χ0v) is 21.5. The lowest BCUT2D eigenvalue weighted by Crippen LogP contribution is -2.31. The first kappa shape index (κ1) is 23.6. The summed E-state index contributed by atoms with van der Waals surface area (Å²) in [5, 5.41) is 11.1. The van der Waals surface area contributed by atoms with E-state index in [2.05, 4.69) is 26.6 Å². The number of methoxy groups -OCH3 is 2. The van der Waals surface area contributed by atoms with Crippen molar-refractivity contribution in [1.29, 1.82) is 0 Å². The average Bonchev–Trinajstić information content (AvgIpc) is 3.31. The smallest absolute Gasteiger partial charge is 0.255 e. The van der Waals surface area contributed by atoms with Crippen molar-refractivity contribution >= 4 is 33.5 Å². The Hall–Kier alpha value is -4.11. The Labute approximate surface area is 217 Å². The quantitative estimate of drug-likeness (QED) is 0.325. The Kier molecular flexibility index (Phi) is 6.47. The second-order valence-corrected chi connectivity index (χ2v) is 9.16. The zero-order valence-electron chi connectivity index (χ0n) is 19.9. The molecule has 182 valence electrons. The molecule has 1 aliphatic rings. The van der Waals surface area contributed by atoms with Crippen LogP contribution in [0.2, 0.25) is 0 Å². The lowest BCUT2D eigenvalue weighted by Gasteiger charge is -2.28. The highest BCUT2D eigenvalue weighted by Crippen LogP contribution is 2.38. The van der Waals surface area contributed by atoms with Crippen LogP contribution in [0, 0.1) is 0 Å². The Morgan fingerprint density at radius 1 is 1.00 bits per heavy atom. The Morgan fingerprint density at radius 2 is 1.72 bits per heavy atom. The van der Waals surface area contributed by atoms with Gasteiger partial charge in [0.15, 0.2) is 5.82 Å². The van der Waals surface area contributed by atoms with Crippen molar-refractivity contribution in [2.45, 2.75) is 13.0 Å². The van der Waals surface area contributed by atoms with Crippen LogP contribution in [-0.4, -0.2) is 34.9 Å². The molecule has 0 radical (unpaired) electrons. The third kappa shape index (κ3) is 4.57. The van der Waals surface area contributed by atoms with Crippen molar-refractivity contribution in [2.75, 3.05) is 24.9 Å². The SMILES string of the molecule is COc1cc(OC)cc(-c2nc3n(n2)C(c2cccc(Br)c2)C(C(=O)Nc2ccccc2)=C(C)N3)c1. The number of carbonyl (C=O) groups is 1. The molecule has 3 aromatic carbocycles. The van der Waals surface area contributed by atoms with Crippen LogP contribution in [-0.2, 0) is 4.79 Å². The zero-order chi connectivity index (χ0) is 25.2. The van der Waals surface area contributed by atoms with Crippen LogP contribution in [0.25, 0.3) is 11.4 Å². The van der Waals surface area contributed by atoms with Crippen molar-refractivity contribution in [2.24, 2.45) is 0 Å². The molecule has 0 aliphatic carbocycles. The first-order chi connectivity index (χ1) is 17.5. The molecule has 1 amide bonds. The number of ether oxygens (including phenoxy) is 2. The molecular weight excluding hydrogens is 522 g/mol. The molecule has 1 atom stereocenters. The van der Waals surface area contributed by atoms with Crippen molar-refractivity contribution in [3.63, 3.8) is 0 Å². The third-order valence-corrected chi connectivity index (χ3v) is 6.40. The minimum Gasteiger partial charge on any atom is -0.497 e. The number of hydrogen-bond donors (Lipinski definition) is 2. The minimum absolute atomic E-state index is 0.220. The molecule has 0 saturated heterocycles. The monoisotopic (exact) mass is 545 g/mol. The number of halogens is 1. The summed E-state index contributed by atoms with van der Waals surface area (Å²) in [5.74, 6) is 2.05. The van der Waals surface area contributed by atoms with Gasteiger partial charge in [-0.05, 0) is 48.9 Å². The number of rotatable bonds is 6. The topological polar surface area (TPSA) is 90.3 Å². The van der Waals surface area contributed by atoms with Gasteiger partial charge in [0.1, 0.15) is 17.5 Å². The molecule has 36 heavy (non-hydrogen) atoms. The summed E-state index contributed by atoms with van der Waals surface area (Å²) in [6.07, 6.45) is 0. The Morgan fingerprint density at radius 3 is 2.39 bits per heavy atom. The second kappa shape index (κ2) is 9.87. The Balaban J connectivity index is 1.62. The molecule has 9 heteroatoms. The summed E-state index contributed by atoms with van der Waals surface area (Å²) in [4.78, 5) is 18.3. The van der Waals surface area contributed by atoms with E-state index in [-0.39, 0.29) is 5.91 Å². The minimum atomic E-state index is -0.504. The summed E-state index contributed by atoms with van der Waals surface area (Å²) >= 11 is 3.56. The first-order valence-electron chi connectivity index (χ1n) is 11.3. The van der Waals surface area contributed by atoms with Gasteiger partial charge in [0, 0.05) is 27.5 Å². The fourth-order valence-electron chi connectivity index (χ4n) is 4.21. The third-order valence-electron chi connectivity index (χ3n) is 5.90. The van der Waals surface area contributed by atoms with E-state index in [1.165, 1.54) is 0 Å². The largest absolute Gasteiger partial charge is 0.497 e. The van der Waals surface area contributed by atoms with Crippen molar-refractivity contribution in [3.05, 3.63) is 94.1 Å². The van der Waals surface area contributed by atoms with Crippen LogP contribution in [0.4, 0.5) is 11.6 Å². The lowest BCUT2D eigenvalue weighted by atomic mass is 9.95. The number of benzene rings is 3. The molecule has 1 unspecified atom stereocenters. The number of carbonyl (C=O) groups excluding carboxylic acids is 1. The maximum absolute atomic E-state index is 13.6. The summed E-state index contributed by atoms with van der Waals surface area (Å²) in [5.41, 5.74) is 3.58. The van der Waals surface area contributed by atoms with E-state index in [1.54, 1.807) is 25.0 Å². The van der Waals surface area contributed by atoms with E-state index in [1.807, 2.05) is 73.7 Å². The summed E-state index contributed by atoms with van der Waals surface area (Å²) in [6, 6.07) is 22.2. The van der Waals surface area contributed by atoms with Crippen LogP contribution in [0.1, 0.15) is 18.5 Å². The number of anilines is 2. The van der Waals surface area contributed by atoms with Crippen LogP contribution in [0.5, 0.6) is 11.5 Å². The van der Waals surface area contributed by atoms with Crippen LogP contribution >= 0.6 is 15.9 Å². The number of nitrogens with zero attached hydrogens (tertiary/aromatic N) is 3. The molecule has 1 aliphatic heterocycles. The molecular formula is C27H24BrN5O3. The van der Waals surface area contributed by atoms with Crippen molar-refractivity contribution < 1.29 is 14.3 Å². The van der Waals surface area contributed by atoms with Gasteiger partial charge in [-0.25, -0.2) is 4.68 Å². The van der Waals surface area contributed by atoms with Gasteiger partial charge >= 0.3 is 0 Å². The van der Waals surface area contributed by atoms with Gasteiger partial charge in [-0.15, -0.1) is 5.10 Å². The van der Waals surface area contributed by atoms with Crippen molar-refractivity contribution in [3.8, 4) is 22.9 Å². The number of fused-ring (bicyclic) bond motifs is 1. The standard InChI is InChI=1S/C27H24BrN5O3/c1-16-23(26(34)30-20-10-5-4-6-11-20)24(17-8-7-9-19(28)12-17)33-27(29-16)31-25(32-33)18-13-21(35-2)15-22(14-18)36-3/h4-15,24H,1-3H3,(H,30,34)(H,29,31,32). The van der Waals surface area contributed by atoms with Crippen LogP contribution in [0.15, 0.2) is 88.5 Å². The molecule has 0 bridgehead atoms. The Bertz CT molecular complexity index is 1440. The number of para-hydroxylation sites is 1. The molecule has 2 N–H and O–H groups in total. The van der Waals surface area contributed by atoms with Gasteiger partial charge in [0.25, 0.3) is 5.91 Å². The summed E-state index contributed by atoms with van der Waals surface area (Å²) in [6.45, 7) is 1.87. The predicted octanol–water partition coefficient (Wildman–Crippen LogP) is 5.65. The summed E-state index contributed by atoms with van der Waals surface area (Å²) < 4.78 is 13.5. The maximum Gasteiger partial charge on any atom is 0.255 e. The van der Waals surface area contributed by atoms with Crippen LogP contribution in [0.3, 0.4) is 0 Å². The molecule has 8 nitrogen and oxygen atoms in total. The van der Waals surface area contributed by atoms with Gasteiger partial charge in [0.2, 0.25) is 5.95 Å². The molecule has 5 rings (SSSR count). The molecule has 0 saturated carbocycles. The molecule has 1 aromatic heterocycles. The van der Waals surface area contributed by atoms with Gasteiger partial charge < -0.3 is 20.1 Å². The number of aromatic nitrogens is 3. The predicted molar refractivity (Wildman–Crippen MR) is 142 cm³/mol. The molecule has 4 aromatic rings. The van der Waals surface area contributed by atoms with Gasteiger partial charge in [-0.1, -0.05) is 46.3 Å². The highest BCUT2D eigenvalue weighted by Gasteiger charge is 2.34. The van der Waals surface area contributed by atoms with E-state index in [0.717, 1.165) is 15.6 Å². The highest BCUT2D eigenvalue weighted by molar-refractivity contribution is 9.10. The fourth-order valence-corrected chi connectivity index (χ4v) is 4.63. The number of nitrogens with one attached hydrogen (secondary N) is 2. The highest BCUT2D eigenvalue weighted by atomic mass is 79.9. The second-order valence-electron chi connectivity index (χ2n) is 8.25. The van der Waals surface area contributed by atoms with E-state index >= 15 is 0 Å². The fraction of sp³-hybridized carbons (Fsp3) is 0.148. The lowest BCUT2D eigenvalue weighted by molar-refractivity contribution is -0.113. The average molecular weight is 546 g/mol. The number of hydrogen-bond acceptors (Lipinski definition) is 6. The normalized spacial score (nSPS) is 14.6. The number of allylic oxidation sites excluding steroid dienone is 1. The van der Waals surface area contributed by atoms with Gasteiger partial charge in [0.05, 0.1) is 19.8 Å².